The molecule has 2 heterocycles. The number of fused-ring (bicyclic) bond motifs is 1. The molecule has 1 fully saturated rings. The predicted octanol–water partition coefficient (Wildman–Crippen LogP) is 4.65. The van der Waals surface area contributed by atoms with Crippen LogP contribution >= 0.6 is 22.9 Å². The Morgan fingerprint density at radius 2 is 2.09 bits per heavy atom. The Hall–Kier alpha value is -1.05. The van der Waals surface area contributed by atoms with Crippen LogP contribution in [0, 0.1) is 0 Å². The van der Waals surface area contributed by atoms with Gasteiger partial charge in [0.1, 0.15) is 5.69 Å². The average molecular weight is 350 g/mol. The highest BCUT2D eigenvalue weighted by molar-refractivity contribution is 7.23. The van der Waals surface area contributed by atoms with Crippen molar-refractivity contribution in [2.24, 2.45) is 5.73 Å². The van der Waals surface area contributed by atoms with E-state index in [1.165, 1.54) is 17.4 Å². The largest absolute Gasteiger partial charge is 0.433 e. The number of aromatic nitrogens is 1. The van der Waals surface area contributed by atoms with Crippen molar-refractivity contribution in [2.45, 2.75) is 43.9 Å². The maximum absolute atomic E-state index is 13.0. The van der Waals surface area contributed by atoms with Gasteiger partial charge in [0.25, 0.3) is 0 Å². The third-order valence-electron chi connectivity index (χ3n) is 3.81. The monoisotopic (exact) mass is 349 g/mol. The predicted molar refractivity (Wildman–Crippen MR) is 83.5 cm³/mol. The molecule has 0 saturated heterocycles. The van der Waals surface area contributed by atoms with Gasteiger partial charge in [0.2, 0.25) is 0 Å². The first kappa shape index (κ1) is 15.8. The van der Waals surface area contributed by atoms with Crippen molar-refractivity contribution >= 4 is 38.8 Å². The van der Waals surface area contributed by atoms with Gasteiger partial charge in [-0.3, -0.25) is 0 Å². The van der Waals surface area contributed by atoms with Gasteiger partial charge < -0.3 is 11.1 Å². The molecule has 2 aromatic heterocycles. The lowest BCUT2D eigenvalue weighted by Gasteiger charge is -2.28. The molecule has 8 heteroatoms. The van der Waals surface area contributed by atoms with E-state index in [9.17, 15) is 13.2 Å². The molecule has 0 bridgehead atoms. The van der Waals surface area contributed by atoms with Crippen LogP contribution in [0.4, 0.5) is 18.9 Å². The quantitative estimate of drug-likeness (QED) is 0.829. The van der Waals surface area contributed by atoms with Gasteiger partial charge in [-0.2, -0.15) is 13.2 Å². The Morgan fingerprint density at radius 3 is 2.77 bits per heavy atom. The van der Waals surface area contributed by atoms with Crippen molar-refractivity contribution in [2.75, 3.05) is 5.32 Å². The van der Waals surface area contributed by atoms with E-state index in [0.717, 1.165) is 31.7 Å². The van der Waals surface area contributed by atoms with Crippen molar-refractivity contribution in [1.29, 1.82) is 0 Å². The highest BCUT2D eigenvalue weighted by atomic mass is 35.5. The first-order valence-electron chi connectivity index (χ1n) is 7.02. The van der Waals surface area contributed by atoms with Crippen molar-refractivity contribution < 1.29 is 13.2 Å². The molecule has 1 aliphatic rings. The van der Waals surface area contributed by atoms with E-state index in [1.807, 2.05) is 0 Å². The van der Waals surface area contributed by atoms with Gasteiger partial charge in [0.15, 0.2) is 0 Å². The van der Waals surface area contributed by atoms with Gasteiger partial charge in [-0.15, -0.1) is 11.3 Å². The van der Waals surface area contributed by atoms with Crippen molar-refractivity contribution in [3.8, 4) is 0 Å². The minimum absolute atomic E-state index is 0.0799. The molecule has 1 saturated carbocycles. The first-order valence-corrected chi connectivity index (χ1v) is 8.22. The Bertz CT molecular complexity index is 686. The van der Waals surface area contributed by atoms with Crippen LogP contribution in [-0.2, 0) is 6.18 Å². The molecule has 2 aromatic rings. The molecule has 0 aromatic carbocycles. The summed E-state index contributed by atoms with van der Waals surface area (Å²) in [6.45, 7) is 0. The Balaban J connectivity index is 1.99. The summed E-state index contributed by atoms with van der Waals surface area (Å²) in [6.07, 6.45) is -0.892. The summed E-state index contributed by atoms with van der Waals surface area (Å²) in [5, 5.41) is 3.21. The highest BCUT2D eigenvalue weighted by Gasteiger charge is 2.34. The summed E-state index contributed by atoms with van der Waals surface area (Å²) < 4.78 is 40.1. The molecule has 22 heavy (non-hydrogen) atoms. The van der Waals surface area contributed by atoms with Crippen LogP contribution in [0.15, 0.2) is 12.1 Å². The van der Waals surface area contributed by atoms with Crippen LogP contribution in [0.3, 0.4) is 0 Å². The molecular weight excluding hydrogens is 335 g/mol. The third-order valence-corrected chi connectivity index (χ3v) is 5.10. The normalized spacial score (nSPS) is 23.0. The smallest absolute Gasteiger partial charge is 0.381 e. The zero-order valence-electron chi connectivity index (χ0n) is 11.6. The number of thiophene rings is 1. The van der Waals surface area contributed by atoms with Crippen LogP contribution in [0.2, 0.25) is 4.34 Å². The van der Waals surface area contributed by atoms with E-state index in [4.69, 9.17) is 17.3 Å². The second-order valence-electron chi connectivity index (χ2n) is 5.59. The third kappa shape index (κ3) is 3.31. The fraction of sp³-hybridized carbons (Fsp3) is 0.500. The number of nitrogens with one attached hydrogen (secondary N) is 1. The molecule has 3 nitrogen and oxygen atoms in total. The number of rotatable bonds is 2. The molecule has 2 atom stereocenters. The number of pyridine rings is 1. The summed E-state index contributed by atoms with van der Waals surface area (Å²) in [5.41, 5.74) is 5.75. The summed E-state index contributed by atoms with van der Waals surface area (Å²) in [5.74, 6) is 0. The van der Waals surface area contributed by atoms with Gasteiger partial charge in [-0.1, -0.05) is 11.6 Å². The van der Waals surface area contributed by atoms with Gasteiger partial charge >= 0.3 is 6.18 Å². The molecule has 0 amide bonds. The molecule has 0 radical (unpaired) electrons. The molecule has 3 rings (SSSR count). The highest BCUT2D eigenvalue weighted by Crippen LogP contribution is 2.39. The topological polar surface area (TPSA) is 50.9 Å². The SMILES string of the molecule is N[C@@H]1CCC[C@H](Nc2cc(C(F)(F)F)nc3cc(Cl)sc23)C1. The second kappa shape index (κ2) is 5.86. The first-order chi connectivity index (χ1) is 10.3. The van der Waals surface area contributed by atoms with E-state index < -0.39 is 11.9 Å². The van der Waals surface area contributed by atoms with Crippen LogP contribution in [-0.4, -0.2) is 17.1 Å². The van der Waals surface area contributed by atoms with E-state index in [1.54, 1.807) is 0 Å². The minimum atomic E-state index is -4.48. The van der Waals surface area contributed by atoms with E-state index in [0.29, 0.717) is 14.7 Å². The molecule has 0 unspecified atom stereocenters. The van der Waals surface area contributed by atoms with Crippen molar-refractivity contribution in [3.05, 3.63) is 22.2 Å². The van der Waals surface area contributed by atoms with Crippen molar-refractivity contribution in [1.82, 2.24) is 4.98 Å². The lowest BCUT2D eigenvalue weighted by atomic mass is 9.91. The average Bonchev–Trinajstić information content (AvgIpc) is 2.78. The van der Waals surface area contributed by atoms with Gasteiger partial charge in [-0.05, 0) is 37.8 Å². The maximum Gasteiger partial charge on any atom is 0.433 e. The van der Waals surface area contributed by atoms with E-state index in [-0.39, 0.29) is 17.6 Å². The Kier molecular flexibility index (Phi) is 4.22. The lowest BCUT2D eigenvalue weighted by Crippen LogP contribution is -2.35. The van der Waals surface area contributed by atoms with E-state index >= 15 is 0 Å². The molecule has 1 aliphatic carbocycles. The lowest BCUT2D eigenvalue weighted by molar-refractivity contribution is -0.140. The van der Waals surface area contributed by atoms with Gasteiger partial charge in [0.05, 0.1) is 20.2 Å². The van der Waals surface area contributed by atoms with Crippen molar-refractivity contribution in [3.63, 3.8) is 0 Å². The van der Waals surface area contributed by atoms with Gasteiger partial charge in [0, 0.05) is 12.1 Å². The van der Waals surface area contributed by atoms with Crippen LogP contribution < -0.4 is 11.1 Å². The van der Waals surface area contributed by atoms with E-state index in [2.05, 4.69) is 10.3 Å². The summed E-state index contributed by atoms with van der Waals surface area (Å²) in [7, 11) is 0. The van der Waals surface area contributed by atoms with Gasteiger partial charge in [-0.25, -0.2) is 4.98 Å². The van der Waals surface area contributed by atoms with Crippen LogP contribution in [0.5, 0.6) is 0 Å². The molecule has 0 spiro atoms. The van der Waals surface area contributed by atoms with Crippen LogP contribution in [0.25, 0.3) is 10.2 Å². The molecule has 0 aliphatic heterocycles. The molecule has 3 N–H and O–H groups in total. The Labute approximate surface area is 134 Å². The molecule has 120 valence electrons. The number of alkyl halides is 3. The summed E-state index contributed by atoms with van der Waals surface area (Å²) in [6, 6.07) is 2.71. The molecular formula is C14H15ClF3N3S. The number of hydrogen-bond donors (Lipinski definition) is 2. The fourth-order valence-corrected chi connectivity index (χ4v) is 3.96. The number of halogens is 4. The Morgan fingerprint density at radius 1 is 1.32 bits per heavy atom. The standard InChI is InChI=1S/C14H15ClF3N3S/c15-12-6-10-13(22-12)9(5-11(21-10)14(16,17)18)20-8-3-1-2-7(19)4-8/h5-8H,1-4,19H2,(H,20,21)/t7-,8+/m1/s1. The van der Waals surface area contributed by atoms with Crippen LogP contribution in [0.1, 0.15) is 31.4 Å². The minimum Gasteiger partial charge on any atom is -0.381 e. The fourth-order valence-electron chi connectivity index (χ4n) is 2.82. The number of hydrogen-bond acceptors (Lipinski definition) is 4. The zero-order valence-corrected chi connectivity index (χ0v) is 13.2. The second-order valence-corrected chi connectivity index (χ2v) is 7.27. The zero-order chi connectivity index (χ0) is 15.9. The number of nitrogens with two attached hydrogens (primary N) is 1. The maximum atomic E-state index is 13.0. The summed E-state index contributed by atoms with van der Waals surface area (Å²) in [4.78, 5) is 3.67. The number of anilines is 1. The summed E-state index contributed by atoms with van der Waals surface area (Å²) >= 11 is 7.17. The number of nitrogens with zero attached hydrogens (tertiary/aromatic N) is 1.